The van der Waals surface area contributed by atoms with Gasteiger partial charge in [0.1, 0.15) is 5.54 Å². The van der Waals surface area contributed by atoms with Gasteiger partial charge in [0.15, 0.2) is 0 Å². The lowest BCUT2D eigenvalue weighted by Gasteiger charge is -2.32. The summed E-state index contributed by atoms with van der Waals surface area (Å²) in [5, 5.41) is 3.87. The van der Waals surface area contributed by atoms with E-state index in [9.17, 15) is 19.2 Å². The van der Waals surface area contributed by atoms with E-state index in [0.29, 0.717) is 36.4 Å². The maximum atomic E-state index is 12.7. The van der Waals surface area contributed by atoms with Crippen molar-refractivity contribution in [1.82, 2.24) is 20.7 Å². The molecule has 2 heterocycles. The van der Waals surface area contributed by atoms with E-state index in [0.717, 1.165) is 5.01 Å². The Morgan fingerprint density at radius 2 is 1.96 bits per heavy atom. The number of hydrogen-bond acceptors (Lipinski definition) is 4. The molecule has 2 saturated heterocycles. The minimum atomic E-state index is -1.02. The number of hydrogen-bond donors (Lipinski definition) is 2. The van der Waals surface area contributed by atoms with E-state index >= 15 is 0 Å². The third kappa shape index (κ3) is 3.82. The zero-order valence-electron chi connectivity index (χ0n) is 15.8. The van der Waals surface area contributed by atoms with Gasteiger partial charge in [0.2, 0.25) is 5.91 Å². The van der Waals surface area contributed by atoms with Crippen LogP contribution in [0.3, 0.4) is 0 Å². The molecule has 0 bridgehead atoms. The van der Waals surface area contributed by atoms with Crippen LogP contribution in [0.15, 0.2) is 24.3 Å². The molecule has 0 saturated carbocycles. The fourth-order valence-electron chi connectivity index (χ4n) is 3.38. The largest absolute Gasteiger partial charge is 0.344 e. The number of nitrogens with one attached hydrogen (secondary N) is 2. The van der Waals surface area contributed by atoms with Gasteiger partial charge < -0.3 is 10.2 Å². The molecular weight excluding hydrogens is 384 g/mol. The summed E-state index contributed by atoms with van der Waals surface area (Å²) in [5.74, 6) is -1.61. The summed E-state index contributed by atoms with van der Waals surface area (Å²) < 4.78 is 0. The minimum Gasteiger partial charge on any atom is -0.338 e. The van der Waals surface area contributed by atoms with Crippen LogP contribution in [0.2, 0.25) is 5.02 Å². The third-order valence-corrected chi connectivity index (χ3v) is 5.61. The first-order valence-corrected chi connectivity index (χ1v) is 9.65. The summed E-state index contributed by atoms with van der Waals surface area (Å²) in [6, 6.07) is 5.93. The zero-order valence-corrected chi connectivity index (χ0v) is 16.6. The summed E-state index contributed by atoms with van der Waals surface area (Å²) in [7, 11) is 0. The van der Waals surface area contributed by atoms with Gasteiger partial charge >= 0.3 is 6.03 Å². The Balaban J connectivity index is 1.65. The Bertz CT molecular complexity index is 813. The molecule has 1 aromatic rings. The quantitative estimate of drug-likeness (QED) is 0.746. The lowest BCUT2D eigenvalue weighted by molar-refractivity contribution is -0.141. The first-order chi connectivity index (χ1) is 13.2. The average Bonchev–Trinajstić information content (AvgIpc) is 2.91. The predicted octanol–water partition coefficient (Wildman–Crippen LogP) is 1.94. The van der Waals surface area contributed by atoms with E-state index in [1.54, 1.807) is 43.0 Å². The van der Waals surface area contributed by atoms with Crippen molar-refractivity contribution in [1.29, 1.82) is 0 Å². The van der Waals surface area contributed by atoms with Gasteiger partial charge in [0, 0.05) is 23.7 Å². The molecule has 2 N–H and O–H groups in total. The van der Waals surface area contributed by atoms with Crippen molar-refractivity contribution < 1.29 is 19.2 Å². The molecule has 2 atom stereocenters. The number of hydrazine groups is 1. The Labute approximate surface area is 168 Å². The first kappa shape index (κ1) is 20.1. The van der Waals surface area contributed by atoms with E-state index in [1.807, 2.05) is 0 Å². The molecule has 8 nitrogen and oxygen atoms in total. The molecule has 0 unspecified atom stereocenters. The van der Waals surface area contributed by atoms with Crippen LogP contribution in [0.5, 0.6) is 0 Å². The van der Waals surface area contributed by atoms with Gasteiger partial charge in [-0.15, -0.1) is 0 Å². The van der Waals surface area contributed by atoms with Crippen LogP contribution in [-0.4, -0.2) is 52.3 Å². The summed E-state index contributed by atoms with van der Waals surface area (Å²) in [4.78, 5) is 51.4. The first-order valence-electron chi connectivity index (χ1n) is 9.27. The number of carbonyl (C=O) groups excluding carboxylic acids is 4. The highest BCUT2D eigenvalue weighted by atomic mass is 35.5. The van der Waals surface area contributed by atoms with Crippen molar-refractivity contribution in [3.8, 4) is 0 Å². The van der Waals surface area contributed by atoms with Crippen molar-refractivity contribution in [3.63, 3.8) is 0 Å². The van der Waals surface area contributed by atoms with Gasteiger partial charge in [-0.1, -0.05) is 18.5 Å². The fraction of sp³-hybridized carbons (Fsp3) is 0.474. The topological polar surface area (TPSA) is 98.8 Å². The van der Waals surface area contributed by atoms with E-state index in [1.165, 1.54) is 0 Å². The molecule has 2 fully saturated rings. The molecule has 9 heteroatoms. The van der Waals surface area contributed by atoms with Crippen LogP contribution in [0, 0.1) is 5.92 Å². The molecule has 0 aromatic heterocycles. The number of imide groups is 1. The molecule has 150 valence electrons. The van der Waals surface area contributed by atoms with Gasteiger partial charge in [-0.3, -0.25) is 19.8 Å². The molecule has 0 radical (unpaired) electrons. The highest BCUT2D eigenvalue weighted by molar-refractivity contribution is 6.30. The lowest BCUT2D eigenvalue weighted by atomic mass is 9.96. The molecular formula is C19H23ClN4O4. The number of likely N-dealkylation sites (tertiary alicyclic amines) is 1. The Kier molecular flexibility index (Phi) is 5.60. The van der Waals surface area contributed by atoms with Gasteiger partial charge in [-0.05, 0) is 50.5 Å². The minimum absolute atomic E-state index is 0.178. The summed E-state index contributed by atoms with van der Waals surface area (Å²) >= 11 is 5.86. The molecule has 0 aliphatic carbocycles. The van der Waals surface area contributed by atoms with Crippen LogP contribution < -0.4 is 10.7 Å². The average molecular weight is 407 g/mol. The normalized spacial score (nSPS) is 24.9. The number of carbonyl (C=O) groups is 4. The second kappa shape index (κ2) is 7.79. The summed E-state index contributed by atoms with van der Waals surface area (Å²) in [5.41, 5.74) is 1.90. The second-order valence-electron chi connectivity index (χ2n) is 7.33. The second-order valence-corrected chi connectivity index (χ2v) is 7.77. The molecule has 3 rings (SSSR count). The van der Waals surface area contributed by atoms with Gasteiger partial charge in [0.25, 0.3) is 11.8 Å². The molecule has 5 amide bonds. The van der Waals surface area contributed by atoms with E-state index < -0.39 is 29.3 Å². The van der Waals surface area contributed by atoms with E-state index in [4.69, 9.17) is 11.6 Å². The monoisotopic (exact) mass is 406 g/mol. The van der Waals surface area contributed by atoms with Crippen molar-refractivity contribution in [2.75, 3.05) is 13.1 Å². The van der Waals surface area contributed by atoms with Gasteiger partial charge in [0.05, 0.1) is 5.92 Å². The standard InChI is InChI=1S/C19H23ClN4O4/c1-3-19(2)17(27)24(18(28)21-19)22-15(25)13-5-4-10-23(11-13)16(26)12-6-8-14(20)9-7-12/h6-9,13H,3-5,10-11H2,1-2H3,(H,21,28)(H,22,25)/t13-,19+/m0/s1. The van der Waals surface area contributed by atoms with Crippen LogP contribution in [0.1, 0.15) is 43.5 Å². The molecule has 2 aliphatic heterocycles. The Hall–Kier alpha value is -2.61. The van der Waals surface area contributed by atoms with Crippen LogP contribution in [-0.2, 0) is 9.59 Å². The molecule has 1 aromatic carbocycles. The number of piperidine rings is 1. The van der Waals surface area contributed by atoms with Gasteiger partial charge in [-0.2, -0.15) is 5.01 Å². The van der Waals surface area contributed by atoms with Crippen molar-refractivity contribution in [2.45, 2.75) is 38.6 Å². The number of urea groups is 1. The molecule has 2 aliphatic rings. The van der Waals surface area contributed by atoms with Crippen LogP contribution >= 0.6 is 11.6 Å². The third-order valence-electron chi connectivity index (χ3n) is 5.36. The van der Waals surface area contributed by atoms with Crippen LogP contribution in [0.25, 0.3) is 0 Å². The SMILES string of the molecule is CC[C@@]1(C)NC(=O)N(NC(=O)[C@H]2CCCN(C(=O)c3ccc(Cl)cc3)C2)C1=O. The fourth-order valence-corrected chi connectivity index (χ4v) is 3.50. The van der Waals surface area contributed by atoms with Crippen molar-refractivity contribution in [2.24, 2.45) is 5.92 Å². The number of halogens is 1. The highest BCUT2D eigenvalue weighted by Gasteiger charge is 2.48. The number of rotatable bonds is 4. The van der Waals surface area contributed by atoms with E-state index in [2.05, 4.69) is 10.7 Å². The zero-order chi connectivity index (χ0) is 20.5. The molecule has 0 spiro atoms. The predicted molar refractivity (Wildman–Crippen MR) is 102 cm³/mol. The highest BCUT2D eigenvalue weighted by Crippen LogP contribution is 2.22. The Morgan fingerprint density at radius 1 is 1.29 bits per heavy atom. The van der Waals surface area contributed by atoms with Crippen LogP contribution in [0.4, 0.5) is 4.79 Å². The molecule has 28 heavy (non-hydrogen) atoms. The summed E-state index contributed by atoms with van der Waals surface area (Å²) in [6.45, 7) is 4.17. The smallest absolute Gasteiger partial charge is 0.338 e. The lowest BCUT2D eigenvalue weighted by Crippen LogP contribution is -2.53. The number of amides is 5. The van der Waals surface area contributed by atoms with E-state index in [-0.39, 0.29) is 12.5 Å². The number of nitrogens with zero attached hydrogens (tertiary/aromatic N) is 2. The maximum absolute atomic E-state index is 12.7. The summed E-state index contributed by atoms with van der Waals surface area (Å²) in [6.07, 6.45) is 1.64. The van der Waals surface area contributed by atoms with Gasteiger partial charge in [-0.25, -0.2) is 4.79 Å². The number of benzene rings is 1. The van der Waals surface area contributed by atoms with Crippen molar-refractivity contribution in [3.05, 3.63) is 34.9 Å². The Morgan fingerprint density at radius 3 is 2.57 bits per heavy atom. The maximum Gasteiger partial charge on any atom is 0.344 e. The van der Waals surface area contributed by atoms with Crippen molar-refractivity contribution >= 4 is 35.4 Å².